The summed E-state index contributed by atoms with van der Waals surface area (Å²) >= 11 is 0. The number of rotatable bonds is 4. The number of aromatic nitrogens is 2. The van der Waals surface area contributed by atoms with Gasteiger partial charge in [0.25, 0.3) is 5.91 Å². The number of hydrogen-bond donors (Lipinski definition) is 2. The minimum atomic E-state index is -4.67. The molecule has 0 bridgehead atoms. The summed E-state index contributed by atoms with van der Waals surface area (Å²) in [5, 5.41) is 6.11. The van der Waals surface area contributed by atoms with Gasteiger partial charge in [0.05, 0.1) is 5.69 Å². The standard InChI is InChI=1S/C18H14F3N4O/c19-18(20,21)16-10-15(17(26)23-13-6-2-1-3-7-13)25(24-16)14-8-4-5-12(9-14)11-22/h1-2,4-10H,11,22H2,(H,23,26). The van der Waals surface area contributed by atoms with E-state index in [2.05, 4.69) is 16.5 Å². The summed E-state index contributed by atoms with van der Waals surface area (Å²) in [4.78, 5) is 12.5. The summed E-state index contributed by atoms with van der Waals surface area (Å²) in [6, 6.07) is 16.4. The number of nitrogens with zero attached hydrogens (tertiary/aromatic N) is 2. The monoisotopic (exact) mass is 359 g/mol. The van der Waals surface area contributed by atoms with Gasteiger partial charge in [-0.25, -0.2) is 4.68 Å². The van der Waals surface area contributed by atoms with Crippen molar-refractivity contribution in [2.75, 3.05) is 5.32 Å². The molecule has 0 fully saturated rings. The van der Waals surface area contributed by atoms with Crippen molar-refractivity contribution in [3.63, 3.8) is 0 Å². The van der Waals surface area contributed by atoms with Crippen LogP contribution in [0.15, 0.2) is 54.6 Å². The van der Waals surface area contributed by atoms with Crippen molar-refractivity contribution in [1.29, 1.82) is 0 Å². The van der Waals surface area contributed by atoms with Crippen LogP contribution >= 0.6 is 0 Å². The van der Waals surface area contributed by atoms with Gasteiger partial charge in [-0.2, -0.15) is 18.3 Å². The van der Waals surface area contributed by atoms with Crippen molar-refractivity contribution in [2.45, 2.75) is 12.7 Å². The van der Waals surface area contributed by atoms with Crippen LogP contribution in [0.2, 0.25) is 0 Å². The molecule has 3 rings (SSSR count). The van der Waals surface area contributed by atoms with E-state index < -0.39 is 17.8 Å². The van der Waals surface area contributed by atoms with Crippen molar-refractivity contribution in [3.05, 3.63) is 77.6 Å². The molecule has 1 radical (unpaired) electrons. The molecule has 3 N–H and O–H groups in total. The molecular weight excluding hydrogens is 345 g/mol. The van der Waals surface area contributed by atoms with E-state index in [0.29, 0.717) is 16.9 Å². The highest BCUT2D eigenvalue weighted by Crippen LogP contribution is 2.30. The molecule has 0 aliphatic heterocycles. The molecule has 8 heteroatoms. The fourth-order valence-electron chi connectivity index (χ4n) is 2.36. The van der Waals surface area contributed by atoms with Gasteiger partial charge in [0.2, 0.25) is 0 Å². The van der Waals surface area contributed by atoms with Gasteiger partial charge in [0.15, 0.2) is 5.69 Å². The molecule has 5 nitrogen and oxygen atoms in total. The van der Waals surface area contributed by atoms with Crippen molar-refractivity contribution in [2.24, 2.45) is 5.73 Å². The quantitative estimate of drug-likeness (QED) is 0.750. The second kappa shape index (κ2) is 7.01. The maximum Gasteiger partial charge on any atom is 0.435 e. The number of hydrogen-bond acceptors (Lipinski definition) is 3. The molecule has 0 saturated carbocycles. The summed E-state index contributed by atoms with van der Waals surface area (Å²) in [7, 11) is 0. The number of carbonyl (C=O) groups excluding carboxylic acids is 1. The Kier molecular flexibility index (Phi) is 4.77. The van der Waals surface area contributed by atoms with Crippen molar-refractivity contribution in [3.8, 4) is 5.69 Å². The fraction of sp³-hybridized carbons (Fsp3) is 0.111. The molecule has 0 aliphatic rings. The minimum Gasteiger partial charge on any atom is -0.326 e. The number of anilines is 1. The topological polar surface area (TPSA) is 72.9 Å². The van der Waals surface area contributed by atoms with Crippen molar-refractivity contribution >= 4 is 11.6 Å². The van der Waals surface area contributed by atoms with Crippen molar-refractivity contribution < 1.29 is 18.0 Å². The van der Waals surface area contributed by atoms with Gasteiger partial charge >= 0.3 is 6.18 Å². The zero-order chi connectivity index (χ0) is 18.7. The Morgan fingerprint density at radius 2 is 2.04 bits per heavy atom. The molecular formula is C18H14F3N4O. The van der Waals surface area contributed by atoms with E-state index in [4.69, 9.17) is 5.73 Å². The smallest absolute Gasteiger partial charge is 0.326 e. The fourth-order valence-corrected chi connectivity index (χ4v) is 2.36. The lowest BCUT2D eigenvalue weighted by molar-refractivity contribution is -0.141. The van der Waals surface area contributed by atoms with E-state index in [0.717, 1.165) is 10.7 Å². The van der Waals surface area contributed by atoms with Crippen LogP contribution in [0.25, 0.3) is 5.69 Å². The van der Waals surface area contributed by atoms with Gasteiger partial charge < -0.3 is 11.1 Å². The predicted molar refractivity (Wildman–Crippen MR) is 89.7 cm³/mol. The molecule has 0 saturated heterocycles. The van der Waals surface area contributed by atoms with Crippen LogP contribution in [0.5, 0.6) is 0 Å². The summed E-state index contributed by atoms with van der Waals surface area (Å²) in [5.74, 6) is -0.717. The number of nitrogens with two attached hydrogens (primary N) is 1. The Morgan fingerprint density at radius 3 is 2.69 bits per heavy atom. The van der Waals surface area contributed by atoms with Gasteiger partial charge in [0, 0.05) is 18.3 Å². The average Bonchev–Trinajstić information content (AvgIpc) is 3.08. The van der Waals surface area contributed by atoms with E-state index in [1.165, 1.54) is 6.07 Å². The molecule has 1 heterocycles. The maximum atomic E-state index is 13.1. The number of carbonyl (C=O) groups is 1. The van der Waals surface area contributed by atoms with Crippen LogP contribution in [-0.4, -0.2) is 15.7 Å². The van der Waals surface area contributed by atoms with Crippen LogP contribution < -0.4 is 11.1 Å². The maximum absolute atomic E-state index is 13.1. The molecule has 0 atom stereocenters. The average molecular weight is 359 g/mol. The van der Waals surface area contributed by atoms with Gasteiger partial charge in [-0.3, -0.25) is 4.79 Å². The number of alkyl halides is 3. The number of benzene rings is 2. The zero-order valence-corrected chi connectivity index (χ0v) is 13.4. The molecule has 1 amide bonds. The third-order valence-electron chi connectivity index (χ3n) is 3.59. The summed E-state index contributed by atoms with van der Waals surface area (Å²) in [6.45, 7) is 0.211. The largest absolute Gasteiger partial charge is 0.435 e. The molecule has 0 aliphatic carbocycles. The summed E-state index contributed by atoms with van der Waals surface area (Å²) < 4.78 is 40.3. The predicted octanol–water partition coefficient (Wildman–Crippen LogP) is 3.40. The first-order chi connectivity index (χ1) is 12.4. The van der Waals surface area contributed by atoms with Gasteiger partial charge in [-0.05, 0) is 35.9 Å². The lowest BCUT2D eigenvalue weighted by Gasteiger charge is -2.09. The third kappa shape index (κ3) is 3.75. The first kappa shape index (κ1) is 17.7. The normalized spacial score (nSPS) is 11.4. The first-order valence-corrected chi connectivity index (χ1v) is 7.62. The molecule has 133 valence electrons. The SMILES string of the molecule is NCc1cccc(-n2nc(C(F)(F)F)cc2C(=O)Nc2c[c]ccc2)c1. The number of nitrogens with one attached hydrogen (secondary N) is 1. The van der Waals surface area contributed by atoms with E-state index in [1.807, 2.05) is 0 Å². The number of halogens is 3. The Bertz CT molecular complexity index is 920. The molecule has 0 spiro atoms. The molecule has 0 unspecified atom stereocenters. The summed E-state index contributed by atoms with van der Waals surface area (Å²) in [5.41, 5.74) is 5.62. The van der Waals surface area contributed by atoms with E-state index in [-0.39, 0.29) is 12.2 Å². The van der Waals surface area contributed by atoms with Crippen LogP contribution in [0.1, 0.15) is 21.7 Å². The number of amides is 1. The molecule has 2 aromatic carbocycles. The third-order valence-corrected chi connectivity index (χ3v) is 3.59. The highest BCUT2D eigenvalue weighted by Gasteiger charge is 2.36. The molecule has 26 heavy (non-hydrogen) atoms. The van der Waals surface area contributed by atoms with Crippen LogP contribution in [0.3, 0.4) is 0 Å². The lowest BCUT2D eigenvalue weighted by Crippen LogP contribution is -2.17. The Hall–Kier alpha value is -3.13. The highest BCUT2D eigenvalue weighted by molar-refractivity contribution is 6.03. The van der Waals surface area contributed by atoms with Gasteiger partial charge in [0.1, 0.15) is 5.69 Å². The van der Waals surface area contributed by atoms with Crippen LogP contribution in [0, 0.1) is 6.07 Å². The van der Waals surface area contributed by atoms with E-state index >= 15 is 0 Å². The lowest BCUT2D eigenvalue weighted by atomic mass is 10.2. The Balaban J connectivity index is 2.05. The summed E-state index contributed by atoms with van der Waals surface area (Å²) in [6.07, 6.45) is -4.67. The first-order valence-electron chi connectivity index (χ1n) is 7.62. The van der Waals surface area contributed by atoms with Crippen molar-refractivity contribution in [1.82, 2.24) is 9.78 Å². The van der Waals surface area contributed by atoms with Gasteiger partial charge in [-0.15, -0.1) is 0 Å². The Morgan fingerprint density at radius 1 is 1.23 bits per heavy atom. The van der Waals surface area contributed by atoms with E-state index in [1.54, 1.807) is 42.5 Å². The van der Waals surface area contributed by atoms with Crippen LogP contribution in [0.4, 0.5) is 18.9 Å². The van der Waals surface area contributed by atoms with Gasteiger partial charge in [-0.1, -0.05) is 24.3 Å². The minimum absolute atomic E-state index is 0.211. The van der Waals surface area contributed by atoms with E-state index in [9.17, 15) is 18.0 Å². The second-order valence-electron chi connectivity index (χ2n) is 5.44. The molecule has 3 aromatic rings. The molecule has 1 aromatic heterocycles. The zero-order valence-electron chi connectivity index (χ0n) is 13.4. The van der Waals surface area contributed by atoms with Crippen LogP contribution in [-0.2, 0) is 12.7 Å². The highest BCUT2D eigenvalue weighted by atomic mass is 19.4. The second-order valence-corrected chi connectivity index (χ2v) is 5.44. The Labute approximate surface area is 147 Å².